The second-order valence-electron chi connectivity index (χ2n) is 6.59. The summed E-state index contributed by atoms with van der Waals surface area (Å²) >= 11 is 3.48. The Kier molecular flexibility index (Phi) is 6.39. The van der Waals surface area contributed by atoms with Crippen molar-refractivity contribution >= 4 is 37.5 Å². The minimum absolute atomic E-state index is 0.133. The Morgan fingerprint density at radius 2 is 1.45 bits per heavy atom. The highest BCUT2D eigenvalue weighted by Gasteiger charge is 2.22. The molecule has 5 nitrogen and oxygen atoms in total. The minimum atomic E-state index is -3.71. The molecule has 150 valence electrons. The van der Waals surface area contributed by atoms with E-state index in [1.165, 1.54) is 23.5 Å². The Hall–Kier alpha value is -2.64. The van der Waals surface area contributed by atoms with Crippen LogP contribution >= 0.6 is 15.9 Å². The molecule has 0 aliphatic rings. The summed E-state index contributed by atoms with van der Waals surface area (Å²) in [6, 6.07) is 22.6. The number of hydrogen-bond acceptors (Lipinski definition) is 3. The summed E-state index contributed by atoms with van der Waals surface area (Å²) in [6.45, 7) is 0.442. The van der Waals surface area contributed by atoms with Crippen LogP contribution in [0.4, 0.5) is 5.69 Å². The van der Waals surface area contributed by atoms with Gasteiger partial charge >= 0.3 is 0 Å². The van der Waals surface area contributed by atoms with Gasteiger partial charge in [-0.15, -0.1) is 0 Å². The average Bonchev–Trinajstić information content (AvgIpc) is 2.75. The lowest BCUT2D eigenvalue weighted by Crippen LogP contribution is -2.27. The zero-order valence-corrected chi connectivity index (χ0v) is 18.5. The van der Waals surface area contributed by atoms with E-state index < -0.39 is 10.0 Å². The van der Waals surface area contributed by atoms with E-state index >= 15 is 0 Å². The highest BCUT2D eigenvalue weighted by Crippen LogP contribution is 2.23. The minimum Gasteiger partial charge on any atom is -0.337 e. The molecule has 0 heterocycles. The highest BCUT2D eigenvalue weighted by molar-refractivity contribution is 9.10. The van der Waals surface area contributed by atoms with Gasteiger partial charge in [0.1, 0.15) is 0 Å². The third-order valence-corrected chi connectivity index (χ3v) is 7.16. The van der Waals surface area contributed by atoms with Crippen molar-refractivity contribution in [2.24, 2.45) is 0 Å². The molecular formula is C22H21BrN2O3S. The fourth-order valence-corrected chi connectivity index (χ4v) is 4.48. The molecule has 3 aromatic rings. The summed E-state index contributed by atoms with van der Waals surface area (Å²) in [5.41, 5.74) is 1.99. The molecule has 7 heteroatoms. The molecule has 0 aromatic heterocycles. The maximum atomic E-state index is 12.9. The first-order valence-electron chi connectivity index (χ1n) is 8.93. The highest BCUT2D eigenvalue weighted by atomic mass is 79.9. The Morgan fingerprint density at radius 1 is 0.862 bits per heavy atom. The van der Waals surface area contributed by atoms with Crippen LogP contribution in [0.1, 0.15) is 15.9 Å². The normalized spacial score (nSPS) is 11.1. The fourth-order valence-electron chi connectivity index (χ4n) is 2.88. The van der Waals surface area contributed by atoms with Crippen LogP contribution in [-0.2, 0) is 16.6 Å². The van der Waals surface area contributed by atoms with Crippen molar-refractivity contribution in [2.45, 2.75) is 11.4 Å². The van der Waals surface area contributed by atoms with Crippen molar-refractivity contribution in [1.29, 1.82) is 0 Å². The monoisotopic (exact) mass is 472 g/mol. The lowest BCUT2D eigenvalue weighted by molar-refractivity contribution is 0.0784. The first-order chi connectivity index (χ1) is 13.8. The SMILES string of the molecule is CN(Cc1ccccc1Br)C(=O)c1ccc(S(=O)(=O)N(C)c2ccccc2)cc1. The largest absolute Gasteiger partial charge is 0.337 e. The summed E-state index contributed by atoms with van der Waals surface area (Å²) < 4.78 is 27.9. The van der Waals surface area contributed by atoms with Gasteiger partial charge in [0.2, 0.25) is 0 Å². The van der Waals surface area contributed by atoms with Gasteiger partial charge in [-0.1, -0.05) is 52.3 Å². The van der Waals surface area contributed by atoms with Gasteiger partial charge in [-0.25, -0.2) is 8.42 Å². The van der Waals surface area contributed by atoms with Gasteiger partial charge in [-0.2, -0.15) is 0 Å². The van der Waals surface area contributed by atoms with Crippen LogP contribution < -0.4 is 4.31 Å². The summed E-state index contributed by atoms with van der Waals surface area (Å²) in [5, 5.41) is 0. The lowest BCUT2D eigenvalue weighted by Gasteiger charge is -2.20. The summed E-state index contributed by atoms with van der Waals surface area (Å²) in [7, 11) is -0.480. The van der Waals surface area contributed by atoms with Crippen molar-refractivity contribution < 1.29 is 13.2 Å². The predicted octanol–water partition coefficient (Wildman–Crippen LogP) is 4.55. The molecule has 0 saturated heterocycles. The van der Waals surface area contributed by atoms with E-state index in [4.69, 9.17) is 0 Å². The van der Waals surface area contributed by atoms with E-state index in [1.807, 2.05) is 30.3 Å². The third kappa shape index (κ3) is 4.68. The van der Waals surface area contributed by atoms with Gasteiger partial charge in [-0.05, 0) is 48.0 Å². The topological polar surface area (TPSA) is 57.7 Å². The predicted molar refractivity (Wildman–Crippen MR) is 118 cm³/mol. The van der Waals surface area contributed by atoms with Crippen LogP contribution in [-0.4, -0.2) is 33.3 Å². The number of nitrogens with zero attached hydrogens (tertiary/aromatic N) is 2. The Labute approximate surface area is 179 Å². The van der Waals surface area contributed by atoms with E-state index in [0.717, 1.165) is 10.0 Å². The number of benzene rings is 3. The van der Waals surface area contributed by atoms with Crippen LogP contribution in [0.15, 0.2) is 88.2 Å². The number of carbonyl (C=O) groups is 1. The molecule has 0 spiro atoms. The van der Waals surface area contributed by atoms with Crippen LogP contribution in [0.25, 0.3) is 0 Å². The number of amides is 1. The second kappa shape index (κ2) is 8.80. The fraction of sp³-hybridized carbons (Fsp3) is 0.136. The third-order valence-electron chi connectivity index (χ3n) is 4.59. The van der Waals surface area contributed by atoms with E-state index in [0.29, 0.717) is 17.8 Å². The van der Waals surface area contributed by atoms with Gasteiger partial charge in [-0.3, -0.25) is 9.10 Å². The van der Waals surface area contributed by atoms with Gasteiger partial charge in [0.05, 0.1) is 10.6 Å². The molecule has 0 aliphatic carbocycles. The van der Waals surface area contributed by atoms with Gasteiger partial charge in [0.15, 0.2) is 0 Å². The molecule has 3 rings (SSSR count). The summed E-state index contributed by atoms with van der Waals surface area (Å²) in [6.07, 6.45) is 0. The zero-order chi connectivity index (χ0) is 21.0. The van der Waals surface area contributed by atoms with Crippen molar-refractivity contribution in [2.75, 3.05) is 18.4 Å². The molecule has 29 heavy (non-hydrogen) atoms. The quantitative estimate of drug-likeness (QED) is 0.528. The van der Waals surface area contributed by atoms with Crippen molar-refractivity contribution in [1.82, 2.24) is 4.90 Å². The van der Waals surface area contributed by atoms with Crippen molar-refractivity contribution in [3.05, 3.63) is 94.5 Å². The summed E-state index contributed by atoms with van der Waals surface area (Å²) in [5.74, 6) is -0.180. The molecule has 3 aromatic carbocycles. The van der Waals surface area contributed by atoms with E-state index in [9.17, 15) is 13.2 Å². The first kappa shape index (κ1) is 21.1. The molecule has 1 amide bonds. The van der Waals surface area contributed by atoms with Gasteiger partial charge in [0, 0.05) is 30.7 Å². The number of sulfonamides is 1. The second-order valence-corrected chi connectivity index (χ2v) is 9.41. The van der Waals surface area contributed by atoms with E-state index in [-0.39, 0.29) is 10.8 Å². The number of halogens is 1. The maximum absolute atomic E-state index is 12.9. The van der Waals surface area contributed by atoms with E-state index in [1.54, 1.807) is 48.3 Å². The molecule has 0 atom stereocenters. The number of rotatable bonds is 6. The Bertz CT molecular complexity index is 1100. The molecule has 0 saturated carbocycles. The van der Waals surface area contributed by atoms with Crippen molar-refractivity contribution in [3.8, 4) is 0 Å². The Balaban J connectivity index is 1.77. The van der Waals surface area contributed by atoms with E-state index in [2.05, 4.69) is 15.9 Å². The maximum Gasteiger partial charge on any atom is 0.264 e. The van der Waals surface area contributed by atoms with Crippen LogP contribution in [0.2, 0.25) is 0 Å². The lowest BCUT2D eigenvalue weighted by atomic mass is 10.1. The molecule has 0 radical (unpaired) electrons. The van der Waals surface area contributed by atoms with Crippen LogP contribution in [0.3, 0.4) is 0 Å². The van der Waals surface area contributed by atoms with Crippen LogP contribution in [0.5, 0.6) is 0 Å². The number of hydrogen-bond donors (Lipinski definition) is 0. The molecule has 0 fully saturated rings. The zero-order valence-electron chi connectivity index (χ0n) is 16.1. The standard InChI is InChI=1S/C22H21BrN2O3S/c1-24(16-18-8-6-7-11-21(18)23)22(26)17-12-14-20(15-13-17)29(27,28)25(2)19-9-4-3-5-10-19/h3-15H,16H2,1-2H3. The van der Waals surface area contributed by atoms with Crippen LogP contribution in [0, 0.1) is 0 Å². The summed E-state index contributed by atoms with van der Waals surface area (Å²) in [4.78, 5) is 14.5. The molecule has 0 N–H and O–H groups in total. The smallest absolute Gasteiger partial charge is 0.264 e. The molecule has 0 bridgehead atoms. The molecule has 0 aliphatic heterocycles. The molecular weight excluding hydrogens is 452 g/mol. The number of anilines is 1. The van der Waals surface area contributed by atoms with Crippen molar-refractivity contribution in [3.63, 3.8) is 0 Å². The average molecular weight is 473 g/mol. The first-order valence-corrected chi connectivity index (χ1v) is 11.2. The number of carbonyl (C=O) groups excluding carboxylic acids is 1. The number of para-hydroxylation sites is 1. The Morgan fingerprint density at radius 3 is 2.07 bits per heavy atom. The van der Waals surface area contributed by atoms with Gasteiger partial charge in [0.25, 0.3) is 15.9 Å². The molecule has 0 unspecified atom stereocenters. The van der Waals surface area contributed by atoms with Gasteiger partial charge < -0.3 is 4.90 Å².